The number of rotatable bonds is 6. The Morgan fingerprint density at radius 3 is 2.55 bits per heavy atom. The molecular formula is C19H20ClN5O3S. The molecule has 29 heavy (non-hydrogen) atoms. The van der Waals surface area contributed by atoms with Gasteiger partial charge in [0.2, 0.25) is 0 Å². The van der Waals surface area contributed by atoms with E-state index in [2.05, 4.69) is 36.2 Å². The van der Waals surface area contributed by atoms with Crippen molar-refractivity contribution in [3.8, 4) is 5.69 Å². The van der Waals surface area contributed by atoms with Crippen LogP contribution in [0.2, 0.25) is 5.02 Å². The number of hydrogen-bond donors (Lipinski definition) is 1. The standard InChI is InChI=1S/C19H20ClN5O3S/c1-19(2,3)18-23-12(11-29-18)8-9-21-15-10-22-24(17(26)16(15)20)13-4-6-14(7-5-13)25(27)28/h4-7,10-11,21H,8-9H2,1-3H3. The van der Waals surface area contributed by atoms with Gasteiger partial charge in [0.15, 0.2) is 0 Å². The van der Waals surface area contributed by atoms with Crippen molar-refractivity contribution >= 4 is 34.3 Å². The largest absolute Gasteiger partial charge is 0.382 e. The summed E-state index contributed by atoms with van der Waals surface area (Å²) in [6.45, 7) is 6.92. The Kier molecular flexibility index (Phi) is 5.99. The topological polar surface area (TPSA) is 103 Å². The maximum Gasteiger partial charge on any atom is 0.292 e. The van der Waals surface area contributed by atoms with Crippen LogP contribution in [0.25, 0.3) is 5.69 Å². The number of halogens is 1. The molecule has 1 aromatic carbocycles. The molecule has 0 bridgehead atoms. The summed E-state index contributed by atoms with van der Waals surface area (Å²) in [5.74, 6) is 0. The molecule has 0 saturated carbocycles. The molecular weight excluding hydrogens is 414 g/mol. The Bertz CT molecular complexity index is 1090. The predicted octanol–water partition coefficient (Wildman–Crippen LogP) is 4.20. The van der Waals surface area contributed by atoms with Gasteiger partial charge in [-0.3, -0.25) is 14.9 Å². The van der Waals surface area contributed by atoms with Gasteiger partial charge >= 0.3 is 0 Å². The Morgan fingerprint density at radius 2 is 1.97 bits per heavy atom. The molecule has 0 aliphatic heterocycles. The van der Waals surface area contributed by atoms with Crippen LogP contribution in [-0.2, 0) is 11.8 Å². The van der Waals surface area contributed by atoms with Gasteiger partial charge in [-0.15, -0.1) is 11.3 Å². The van der Waals surface area contributed by atoms with Crippen molar-refractivity contribution in [1.82, 2.24) is 14.8 Å². The van der Waals surface area contributed by atoms with Gasteiger partial charge in [-0.2, -0.15) is 9.78 Å². The Morgan fingerprint density at radius 1 is 1.28 bits per heavy atom. The van der Waals surface area contributed by atoms with Gasteiger partial charge in [-0.1, -0.05) is 32.4 Å². The number of non-ortho nitro benzene ring substituents is 1. The molecule has 0 radical (unpaired) electrons. The first-order valence-corrected chi connectivity index (χ1v) is 10.1. The summed E-state index contributed by atoms with van der Waals surface area (Å²) in [6, 6.07) is 5.52. The van der Waals surface area contributed by atoms with Gasteiger partial charge in [-0.25, -0.2) is 4.98 Å². The highest BCUT2D eigenvalue weighted by atomic mass is 35.5. The third-order valence-corrected chi connectivity index (χ3v) is 5.80. The van der Waals surface area contributed by atoms with Crippen LogP contribution >= 0.6 is 22.9 Å². The average molecular weight is 434 g/mol. The van der Waals surface area contributed by atoms with Gasteiger partial charge in [-0.05, 0) is 12.1 Å². The van der Waals surface area contributed by atoms with E-state index in [-0.39, 0.29) is 16.1 Å². The molecule has 0 aliphatic carbocycles. The Labute approximate surface area is 176 Å². The van der Waals surface area contributed by atoms with Gasteiger partial charge in [0, 0.05) is 35.9 Å². The van der Waals surface area contributed by atoms with Crippen LogP contribution in [-0.4, -0.2) is 26.2 Å². The van der Waals surface area contributed by atoms with Crippen molar-refractivity contribution in [3.05, 3.63) is 72.0 Å². The highest BCUT2D eigenvalue weighted by Crippen LogP contribution is 2.26. The van der Waals surface area contributed by atoms with Gasteiger partial charge in [0.05, 0.1) is 33.2 Å². The molecule has 0 spiro atoms. The highest BCUT2D eigenvalue weighted by molar-refractivity contribution is 7.09. The van der Waals surface area contributed by atoms with Gasteiger partial charge in [0.25, 0.3) is 11.2 Å². The number of thiazole rings is 1. The minimum Gasteiger partial charge on any atom is -0.382 e. The van der Waals surface area contributed by atoms with E-state index in [0.29, 0.717) is 24.3 Å². The van der Waals surface area contributed by atoms with E-state index in [1.165, 1.54) is 30.5 Å². The molecule has 0 saturated heterocycles. The number of nitro benzene ring substituents is 1. The first-order chi connectivity index (χ1) is 13.7. The van der Waals surface area contributed by atoms with Crippen LogP contribution < -0.4 is 10.9 Å². The lowest BCUT2D eigenvalue weighted by Gasteiger charge is -2.13. The fraction of sp³-hybridized carbons (Fsp3) is 0.316. The van der Waals surface area contributed by atoms with E-state index < -0.39 is 10.5 Å². The molecule has 0 unspecified atom stereocenters. The van der Waals surface area contributed by atoms with Crippen molar-refractivity contribution in [1.29, 1.82) is 0 Å². The van der Waals surface area contributed by atoms with Crippen molar-refractivity contribution in [2.24, 2.45) is 0 Å². The molecule has 1 N–H and O–H groups in total. The molecule has 0 aliphatic rings. The zero-order valence-electron chi connectivity index (χ0n) is 16.2. The first kappa shape index (κ1) is 20.9. The number of nitro groups is 1. The number of aromatic nitrogens is 3. The summed E-state index contributed by atoms with van der Waals surface area (Å²) >= 11 is 7.86. The fourth-order valence-corrected chi connectivity index (χ4v) is 3.68. The van der Waals surface area contributed by atoms with Gasteiger partial charge in [0.1, 0.15) is 5.02 Å². The fourth-order valence-electron chi connectivity index (χ4n) is 2.55. The summed E-state index contributed by atoms with van der Waals surface area (Å²) in [7, 11) is 0. The zero-order valence-corrected chi connectivity index (χ0v) is 17.8. The minimum absolute atomic E-state index is 0.00649. The maximum atomic E-state index is 12.5. The smallest absolute Gasteiger partial charge is 0.292 e. The van der Waals surface area contributed by atoms with E-state index in [9.17, 15) is 14.9 Å². The highest BCUT2D eigenvalue weighted by Gasteiger charge is 2.18. The minimum atomic E-state index is -0.507. The summed E-state index contributed by atoms with van der Waals surface area (Å²) in [5, 5.41) is 21.1. The van der Waals surface area contributed by atoms with Crippen LogP contribution in [0.4, 0.5) is 11.4 Å². The van der Waals surface area contributed by atoms with E-state index in [1.54, 1.807) is 11.3 Å². The third-order valence-electron chi connectivity index (χ3n) is 4.11. The lowest BCUT2D eigenvalue weighted by atomic mass is 9.98. The molecule has 152 valence electrons. The number of benzene rings is 1. The molecule has 2 aromatic heterocycles. The summed E-state index contributed by atoms with van der Waals surface area (Å²) in [5.41, 5.74) is 1.26. The van der Waals surface area contributed by atoms with E-state index in [4.69, 9.17) is 11.6 Å². The second-order valence-corrected chi connectivity index (χ2v) is 8.67. The normalized spacial score (nSPS) is 11.4. The monoisotopic (exact) mass is 433 g/mol. The second-order valence-electron chi connectivity index (χ2n) is 7.43. The van der Waals surface area contributed by atoms with Crippen molar-refractivity contribution in [2.75, 3.05) is 11.9 Å². The number of hydrogen-bond acceptors (Lipinski definition) is 7. The van der Waals surface area contributed by atoms with E-state index in [0.717, 1.165) is 15.4 Å². The zero-order chi connectivity index (χ0) is 21.2. The van der Waals surface area contributed by atoms with E-state index >= 15 is 0 Å². The Hall–Kier alpha value is -2.78. The number of anilines is 1. The maximum absolute atomic E-state index is 12.5. The molecule has 3 aromatic rings. The van der Waals surface area contributed by atoms with Crippen molar-refractivity contribution in [3.63, 3.8) is 0 Å². The third kappa shape index (κ3) is 4.80. The summed E-state index contributed by atoms with van der Waals surface area (Å²) in [6.07, 6.45) is 2.15. The molecule has 3 rings (SSSR count). The number of nitrogens with one attached hydrogen (secondary N) is 1. The lowest BCUT2D eigenvalue weighted by Crippen LogP contribution is -2.23. The second kappa shape index (κ2) is 8.30. The molecule has 10 heteroatoms. The van der Waals surface area contributed by atoms with Crippen LogP contribution in [0, 0.1) is 10.1 Å². The Balaban J connectivity index is 1.70. The molecule has 0 fully saturated rings. The van der Waals surface area contributed by atoms with Crippen molar-refractivity contribution < 1.29 is 4.92 Å². The summed E-state index contributed by atoms with van der Waals surface area (Å²) in [4.78, 5) is 27.4. The first-order valence-electron chi connectivity index (χ1n) is 8.88. The average Bonchev–Trinajstić information content (AvgIpc) is 3.15. The molecule has 0 amide bonds. The van der Waals surface area contributed by atoms with Crippen LogP contribution in [0.5, 0.6) is 0 Å². The molecule has 0 atom stereocenters. The SMILES string of the molecule is CC(C)(C)c1nc(CCNc2cnn(-c3ccc([N+](=O)[O-])cc3)c(=O)c2Cl)cs1. The predicted molar refractivity (Wildman–Crippen MR) is 115 cm³/mol. The quantitative estimate of drug-likeness (QED) is 0.461. The number of nitrogens with zero attached hydrogens (tertiary/aromatic N) is 4. The van der Waals surface area contributed by atoms with Gasteiger partial charge < -0.3 is 5.32 Å². The van der Waals surface area contributed by atoms with Crippen LogP contribution in [0.15, 0.2) is 40.6 Å². The van der Waals surface area contributed by atoms with Crippen LogP contribution in [0.3, 0.4) is 0 Å². The lowest BCUT2D eigenvalue weighted by molar-refractivity contribution is -0.384. The van der Waals surface area contributed by atoms with E-state index in [1.807, 2.05) is 5.38 Å². The molecule has 2 heterocycles. The molecule has 8 nitrogen and oxygen atoms in total. The summed E-state index contributed by atoms with van der Waals surface area (Å²) < 4.78 is 1.10. The van der Waals surface area contributed by atoms with Crippen molar-refractivity contribution in [2.45, 2.75) is 32.6 Å². The van der Waals surface area contributed by atoms with Crippen LogP contribution in [0.1, 0.15) is 31.5 Å².